The van der Waals surface area contributed by atoms with E-state index in [0.29, 0.717) is 36.4 Å². The molecule has 0 fully saturated rings. The molecule has 0 aliphatic rings. The average molecular weight is 755 g/mol. The maximum absolute atomic E-state index is 14.5. The normalized spacial score (nSPS) is 13.6. The van der Waals surface area contributed by atoms with Gasteiger partial charge in [-0.2, -0.15) is 0 Å². The van der Waals surface area contributed by atoms with E-state index in [1.807, 2.05) is 0 Å². The van der Waals surface area contributed by atoms with E-state index in [4.69, 9.17) is 9.47 Å². The van der Waals surface area contributed by atoms with Crippen LogP contribution < -0.4 is 10.6 Å². The Bertz CT molecular complexity index is 1840. The lowest BCUT2D eigenvalue weighted by atomic mass is 10.00. The second-order valence-corrected chi connectivity index (χ2v) is 12.4. The van der Waals surface area contributed by atoms with Crippen molar-refractivity contribution >= 4 is 23.9 Å². The van der Waals surface area contributed by atoms with Gasteiger partial charge in [0.15, 0.2) is 23.3 Å². The molecule has 8 nitrogen and oxygen atoms in total. The molecule has 0 bridgehead atoms. The highest BCUT2D eigenvalue weighted by molar-refractivity contribution is 5.99. The minimum atomic E-state index is -1.39. The lowest BCUT2D eigenvalue weighted by Crippen LogP contribution is -2.36. The van der Waals surface area contributed by atoms with Gasteiger partial charge in [-0.1, -0.05) is 60.7 Å². The molecule has 54 heavy (non-hydrogen) atoms. The SMILES string of the molecule is C[C@@H](N[C@H](CC(=O)OC(=O)/C=C\C(=O)OC(=O)C[C@H](Cc1cc(F)c(F)cc1F)N[C@H](C)c1ccccc1)Cc1cc(F)c(F)cc1F)c1ccccc1. The molecule has 0 aromatic heterocycles. The number of benzene rings is 4. The van der Waals surface area contributed by atoms with Crippen LogP contribution >= 0.6 is 0 Å². The number of nitrogens with one attached hydrogen (secondary N) is 2. The van der Waals surface area contributed by atoms with Crippen molar-refractivity contribution in [2.75, 3.05) is 0 Å². The summed E-state index contributed by atoms with van der Waals surface area (Å²) in [6, 6.07) is 17.2. The van der Waals surface area contributed by atoms with Crippen molar-refractivity contribution in [1.82, 2.24) is 10.6 Å². The summed E-state index contributed by atoms with van der Waals surface area (Å²) in [6.07, 6.45) is -0.602. The lowest BCUT2D eigenvalue weighted by Gasteiger charge is -2.23. The molecule has 14 heteroatoms. The summed E-state index contributed by atoms with van der Waals surface area (Å²) in [5.74, 6) is -12.3. The van der Waals surface area contributed by atoms with E-state index in [1.54, 1.807) is 74.5 Å². The zero-order valence-electron chi connectivity index (χ0n) is 29.1. The number of hydrogen-bond donors (Lipinski definition) is 2. The third kappa shape index (κ3) is 12.5. The Morgan fingerprint density at radius 3 is 1.22 bits per heavy atom. The van der Waals surface area contributed by atoms with Gasteiger partial charge in [-0.05, 0) is 61.1 Å². The quantitative estimate of drug-likeness (QED) is 0.0406. The molecular weight excluding hydrogens is 718 g/mol. The maximum Gasteiger partial charge on any atom is 0.338 e. The second kappa shape index (κ2) is 19.5. The number of carbonyl (C=O) groups is 4. The van der Waals surface area contributed by atoms with E-state index in [-0.39, 0.29) is 24.0 Å². The lowest BCUT2D eigenvalue weighted by molar-refractivity contribution is -0.159. The third-order valence-corrected chi connectivity index (χ3v) is 8.29. The molecule has 0 amide bonds. The van der Waals surface area contributed by atoms with Crippen LogP contribution in [0, 0.1) is 34.9 Å². The Balaban J connectivity index is 1.36. The Morgan fingerprint density at radius 1 is 0.537 bits per heavy atom. The van der Waals surface area contributed by atoms with Gasteiger partial charge in [-0.3, -0.25) is 9.59 Å². The second-order valence-electron chi connectivity index (χ2n) is 12.4. The van der Waals surface area contributed by atoms with Crippen LogP contribution in [0.25, 0.3) is 0 Å². The molecule has 4 atom stereocenters. The fourth-order valence-corrected chi connectivity index (χ4v) is 5.65. The van der Waals surface area contributed by atoms with Crippen LogP contribution in [0.3, 0.4) is 0 Å². The zero-order valence-corrected chi connectivity index (χ0v) is 29.1. The van der Waals surface area contributed by atoms with E-state index in [0.717, 1.165) is 11.1 Å². The fraction of sp³-hybridized carbons (Fsp3) is 0.250. The Kier molecular flexibility index (Phi) is 14.8. The summed E-state index contributed by atoms with van der Waals surface area (Å²) in [7, 11) is 0. The van der Waals surface area contributed by atoms with Gasteiger partial charge >= 0.3 is 23.9 Å². The number of esters is 4. The molecule has 0 heterocycles. The van der Waals surface area contributed by atoms with Gasteiger partial charge < -0.3 is 20.1 Å². The zero-order chi connectivity index (χ0) is 39.4. The molecule has 0 saturated heterocycles. The molecular formula is C40H36F6N2O6. The van der Waals surface area contributed by atoms with E-state index < -0.39 is 95.8 Å². The van der Waals surface area contributed by atoms with E-state index in [2.05, 4.69) is 10.6 Å². The molecule has 0 aliphatic heterocycles. The van der Waals surface area contributed by atoms with Crippen LogP contribution in [0.15, 0.2) is 97.1 Å². The fourth-order valence-electron chi connectivity index (χ4n) is 5.65. The van der Waals surface area contributed by atoms with Crippen molar-refractivity contribution < 1.29 is 55.0 Å². The minimum absolute atomic E-state index is 0.236. The highest BCUT2D eigenvalue weighted by Gasteiger charge is 2.24. The standard InChI is InChI=1S/C40H36F6N2O6/c1-23(25-9-5-3-6-10-25)47-29(15-27-17-33(43)35(45)21-31(27)41)19-39(51)53-37(49)13-14-38(50)54-40(52)20-30(48-24(2)26-11-7-4-8-12-26)16-28-18-34(44)36(46)22-32(28)42/h3-14,17-18,21-24,29-30,47-48H,15-16,19-20H2,1-2H3/b14-13-/t23-,24-,29+,30+/m1/s1. The molecule has 0 spiro atoms. The third-order valence-electron chi connectivity index (χ3n) is 8.29. The van der Waals surface area contributed by atoms with Crippen molar-refractivity contribution in [2.45, 2.75) is 63.7 Å². The Labute approximate surface area is 307 Å². The van der Waals surface area contributed by atoms with E-state index >= 15 is 0 Å². The molecule has 2 N–H and O–H groups in total. The van der Waals surface area contributed by atoms with Gasteiger partial charge in [-0.25, -0.2) is 35.9 Å². The van der Waals surface area contributed by atoms with Gasteiger partial charge in [-0.15, -0.1) is 0 Å². The summed E-state index contributed by atoms with van der Waals surface area (Å²) in [5, 5.41) is 6.19. The number of carbonyl (C=O) groups excluding carboxylic acids is 4. The summed E-state index contributed by atoms with van der Waals surface area (Å²) in [4.78, 5) is 50.2. The number of ether oxygens (including phenoxy) is 2. The molecule has 0 unspecified atom stereocenters. The van der Waals surface area contributed by atoms with E-state index in [9.17, 15) is 45.5 Å². The monoisotopic (exact) mass is 754 g/mol. The van der Waals surface area contributed by atoms with Crippen LogP contribution in [-0.4, -0.2) is 36.0 Å². The molecule has 4 rings (SSSR count). The van der Waals surface area contributed by atoms with Gasteiger partial charge in [0.1, 0.15) is 11.6 Å². The largest absolute Gasteiger partial charge is 0.390 e. The first-order valence-electron chi connectivity index (χ1n) is 16.7. The number of rotatable bonds is 16. The van der Waals surface area contributed by atoms with Gasteiger partial charge in [0.05, 0.1) is 12.8 Å². The first-order valence-corrected chi connectivity index (χ1v) is 16.7. The molecule has 284 valence electrons. The topological polar surface area (TPSA) is 111 Å². The van der Waals surface area contributed by atoms with Crippen LogP contribution in [0.1, 0.15) is 61.0 Å². The minimum Gasteiger partial charge on any atom is -0.390 e. The number of halogens is 6. The Morgan fingerprint density at radius 2 is 0.870 bits per heavy atom. The van der Waals surface area contributed by atoms with E-state index in [1.165, 1.54) is 0 Å². The smallest absolute Gasteiger partial charge is 0.338 e. The summed E-state index contributed by atoms with van der Waals surface area (Å²) in [6.45, 7) is 3.50. The first kappa shape index (κ1) is 41.2. The Hall–Kier alpha value is -5.60. The van der Waals surface area contributed by atoms with Crippen LogP contribution in [0.2, 0.25) is 0 Å². The molecule has 0 saturated carbocycles. The first-order chi connectivity index (χ1) is 25.7. The number of hydrogen-bond acceptors (Lipinski definition) is 8. The highest BCUT2D eigenvalue weighted by atomic mass is 19.2. The summed E-state index contributed by atoms with van der Waals surface area (Å²) < 4.78 is 93.3. The highest BCUT2D eigenvalue weighted by Crippen LogP contribution is 2.21. The predicted molar refractivity (Wildman–Crippen MR) is 184 cm³/mol. The van der Waals surface area contributed by atoms with Crippen LogP contribution in [-0.2, 0) is 41.5 Å². The summed E-state index contributed by atoms with van der Waals surface area (Å²) >= 11 is 0. The van der Waals surface area contributed by atoms with Gasteiger partial charge in [0, 0.05) is 48.5 Å². The van der Waals surface area contributed by atoms with Gasteiger partial charge in [0.2, 0.25) is 0 Å². The molecule has 4 aromatic carbocycles. The van der Waals surface area contributed by atoms with Crippen molar-refractivity contribution in [2.24, 2.45) is 0 Å². The molecule has 0 radical (unpaired) electrons. The van der Waals surface area contributed by atoms with Crippen LogP contribution in [0.4, 0.5) is 26.3 Å². The molecule has 0 aliphatic carbocycles. The predicted octanol–water partition coefficient (Wildman–Crippen LogP) is 7.22. The summed E-state index contributed by atoms with van der Waals surface area (Å²) in [5.41, 5.74) is 1.11. The van der Waals surface area contributed by atoms with Crippen molar-refractivity contribution in [3.8, 4) is 0 Å². The molecule has 4 aromatic rings. The van der Waals surface area contributed by atoms with Crippen molar-refractivity contribution in [3.63, 3.8) is 0 Å². The maximum atomic E-state index is 14.5. The van der Waals surface area contributed by atoms with Crippen molar-refractivity contribution in [3.05, 3.63) is 154 Å². The van der Waals surface area contributed by atoms with Crippen molar-refractivity contribution in [1.29, 1.82) is 0 Å². The average Bonchev–Trinajstić information content (AvgIpc) is 3.12. The van der Waals surface area contributed by atoms with Gasteiger partial charge in [0.25, 0.3) is 0 Å². The van der Waals surface area contributed by atoms with Crippen LogP contribution in [0.5, 0.6) is 0 Å².